The number of allylic oxidation sites excluding steroid dienone is 2. The summed E-state index contributed by atoms with van der Waals surface area (Å²) in [5.74, 6) is 2.30. The van der Waals surface area contributed by atoms with Gasteiger partial charge in [0, 0.05) is 82.5 Å². The number of Topliss-reactive ketones (excluding diaryl/α,β-unsaturated/α-hetero) is 2. The number of nitrogens with zero attached hydrogens (tertiary/aromatic N) is 2. The molecule has 0 bridgehead atoms. The van der Waals surface area contributed by atoms with Crippen molar-refractivity contribution in [2.75, 3.05) is 25.0 Å². The van der Waals surface area contributed by atoms with Gasteiger partial charge in [-0.05, 0) is 109 Å². The number of carbonyl (C=O) groups is 3. The second-order valence-electron chi connectivity index (χ2n) is 11.7. The smallest absolute Gasteiger partial charge is 0.384 e. The summed E-state index contributed by atoms with van der Waals surface area (Å²) >= 11 is 6.13. The molecule has 10 radical (unpaired) electrons. The zero-order valence-corrected chi connectivity index (χ0v) is 29.2. The van der Waals surface area contributed by atoms with Gasteiger partial charge in [-0.1, -0.05) is 42.3 Å². The zero-order valence-electron chi connectivity index (χ0n) is 27.3. The van der Waals surface area contributed by atoms with Crippen molar-refractivity contribution in [2.45, 2.75) is 46.0 Å². The van der Waals surface area contributed by atoms with Crippen LogP contribution in [0.2, 0.25) is 5.02 Å². The van der Waals surface area contributed by atoms with Crippen molar-refractivity contribution in [3.8, 4) is 0 Å². The fourth-order valence-corrected chi connectivity index (χ4v) is 6.12. The van der Waals surface area contributed by atoms with Crippen molar-refractivity contribution in [3.05, 3.63) is 145 Å². The van der Waals surface area contributed by atoms with Gasteiger partial charge in [0.15, 0.2) is 11.6 Å². The number of hydrogen-bond donors (Lipinski definition) is 1. The standard InChI is InChI=1S/C35H35ClN3O3.C5H5.Fe/c1-3-39(22-25-11-9-10-24(25)21-38-31-18-19-37-32-20-26(36)16-17-30(31)32)33(40)15-6-4-5-12-27-23(2)34(41)28-13-7-8-14-29(28)35(27)42;1-2-4-5-3-1;/h7-11,13-14,16-20H,3-6,12,15,21-22H2,1-2H3,(H,37,38);1-5H;/q;;+2. The predicted octanol–water partition coefficient (Wildman–Crippen LogP) is 8.29. The van der Waals surface area contributed by atoms with Crippen LogP contribution in [0, 0.1) is 63.2 Å². The van der Waals surface area contributed by atoms with Crippen molar-refractivity contribution < 1.29 is 31.5 Å². The van der Waals surface area contributed by atoms with Crippen LogP contribution >= 0.6 is 11.6 Å². The molecule has 246 valence electrons. The first-order chi connectivity index (χ1) is 22.9. The Morgan fingerprint density at radius 3 is 2.25 bits per heavy atom. The first-order valence-corrected chi connectivity index (χ1v) is 16.6. The molecule has 1 heterocycles. The van der Waals surface area contributed by atoms with Crippen LogP contribution in [0.1, 0.15) is 66.7 Å². The van der Waals surface area contributed by atoms with Gasteiger partial charge in [0.25, 0.3) is 0 Å². The Balaban J connectivity index is 0.000000794. The van der Waals surface area contributed by atoms with Crippen LogP contribution in [0.15, 0.2) is 65.9 Å². The number of rotatable bonds is 12. The first kappa shape index (κ1) is 37.8. The Hall–Kier alpha value is -2.99. The number of amides is 1. The molecule has 1 amide bonds. The SMILES string of the molecule is CCN(C[C]1[CH][CH][CH][C]1CNc1ccnc2cc(Cl)ccc12)C(=O)CCCCCC1=C(C)C(=O)c2ccccc2C1=O.[CH]1[CH][CH][CH][CH]1.[Fe+2]. The van der Waals surface area contributed by atoms with E-state index in [0.717, 1.165) is 47.7 Å². The van der Waals surface area contributed by atoms with E-state index in [4.69, 9.17) is 11.6 Å². The number of halogens is 1. The van der Waals surface area contributed by atoms with Gasteiger partial charge in [0.05, 0.1) is 5.52 Å². The van der Waals surface area contributed by atoms with Crippen LogP contribution < -0.4 is 5.32 Å². The Kier molecular flexibility index (Phi) is 14.7. The predicted molar refractivity (Wildman–Crippen MR) is 189 cm³/mol. The molecule has 48 heavy (non-hydrogen) atoms. The van der Waals surface area contributed by atoms with Gasteiger partial charge in [0.1, 0.15) is 0 Å². The molecule has 0 saturated heterocycles. The molecule has 2 saturated carbocycles. The molecule has 6 nitrogen and oxygen atoms in total. The van der Waals surface area contributed by atoms with Gasteiger partial charge in [0.2, 0.25) is 5.91 Å². The summed E-state index contributed by atoms with van der Waals surface area (Å²) in [6, 6.07) is 14.7. The summed E-state index contributed by atoms with van der Waals surface area (Å²) in [4.78, 5) is 45.1. The zero-order chi connectivity index (χ0) is 33.2. The number of hydrogen-bond acceptors (Lipinski definition) is 5. The minimum Gasteiger partial charge on any atom is -0.384 e. The number of unbranched alkanes of at least 4 members (excludes halogenated alkanes) is 2. The van der Waals surface area contributed by atoms with Gasteiger partial charge in [-0.15, -0.1) is 0 Å². The average molecular weight is 702 g/mol. The van der Waals surface area contributed by atoms with Gasteiger partial charge in [-0.3, -0.25) is 19.4 Å². The second kappa shape index (κ2) is 18.7. The van der Waals surface area contributed by atoms with E-state index in [9.17, 15) is 14.4 Å². The summed E-state index contributed by atoms with van der Waals surface area (Å²) in [6.45, 7) is 5.59. The van der Waals surface area contributed by atoms with Crippen molar-refractivity contribution in [1.82, 2.24) is 9.88 Å². The maximum Gasteiger partial charge on any atom is 2.00 e. The maximum absolute atomic E-state index is 13.1. The number of anilines is 1. The van der Waals surface area contributed by atoms with Crippen LogP contribution in [-0.2, 0) is 21.9 Å². The third kappa shape index (κ3) is 9.58. The minimum atomic E-state index is -0.0601. The normalized spacial score (nSPS) is 16.4. The van der Waals surface area contributed by atoms with E-state index in [1.807, 2.05) is 74.6 Å². The molecule has 0 aliphatic heterocycles. The number of aromatic nitrogens is 1. The summed E-state index contributed by atoms with van der Waals surface area (Å²) in [6.07, 6.45) is 21.3. The molecule has 8 heteroatoms. The number of pyridine rings is 1. The van der Waals surface area contributed by atoms with Crippen LogP contribution in [-0.4, -0.2) is 47.0 Å². The Labute approximate surface area is 302 Å². The molecule has 2 aromatic carbocycles. The second-order valence-corrected chi connectivity index (χ2v) is 12.1. The molecule has 3 aromatic rings. The molecule has 0 unspecified atom stereocenters. The van der Waals surface area contributed by atoms with Crippen LogP contribution in [0.4, 0.5) is 5.69 Å². The van der Waals surface area contributed by atoms with Gasteiger partial charge >= 0.3 is 17.1 Å². The van der Waals surface area contributed by atoms with E-state index in [2.05, 4.69) is 23.1 Å². The molecule has 0 spiro atoms. The largest absolute Gasteiger partial charge is 2.00 e. The molecule has 3 aliphatic rings. The van der Waals surface area contributed by atoms with Gasteiger partial charge in [-0.2, -0.15) is 0 Å². The van der Waals surface area contributed by atoms with Crippen LogP contribution in [0.3, 0.4) is 0 Å². The van der Waals surface area contributed by atoms with Gasteiger partial charge < -0.3 is 10.2 Å². The third-order valence-corrected chi connectivity index (χ3v) is 8.87. The summed E-state index contributed by atoms with van der Waals surface area (Å²) in [5, 5.41) is 5.19. The van der Waals surface area contributed by atoms with E-state index in [-0.39, 0.29) is 34.5 Å². The minimum absolute atomic E-state index is 0. The molecule has 3 aliphatic carbocycles. The van der Waals surface area contributed by atoms with Crippen molar-refractivity contribution >= 4 is 45.7 Å². The molecule has 6 rings (SSSR count). The molecule has 2 fully saturated rings. The summed E-state index contributed by atoms with van der Waals surface area (Å²) in [5.41, 5.74) is 3.98. The van der Waals surface area contributed by atoms with E-state index in [1.54, 1.807) is 37.4 Å². The summed E-state index contributed by atoms with van der Waals surface area (Å²) in [7, 11) is 0. The molecular weight excluding hydrogens is 662 g/mol. The van der Waals surface area contributed by atoms with Crippen LogP contribution in [0.5, 0.6) is 0 Å². The van der Waals surface area contributed by atoms with E-state index >= 15 is 0 Å². The fraction of sp³-hybridized carbons (Fsp3) is 0.250. The summed E-state index contributed by atoms with van der Waals surface area (Å²) < 4.78 is 0. The Bertz CT molecular complexity index is 1590. The first-order valence-electron chi connectivity index (χ1n) is 16.2. The van der Waals surface area contributed by atoms with E-state index in [0.29, 0.717) is 59.8 Å². The fourth-order valence-electron chi connectivity index (χ4n) is 5.95. The molecule has 0 atom stereocenters. The number of ketones is 2. The monoisotopic (exact) mass is 701 g/mol. The van der Waals surface area contributed by atoms with E-state index < -0.39 is 0 Å². The van der Waals surface area contributed by atoms with E-state index in [1.165, 1.54) is 0 Å². The maximum atomic E-state index is 13.1. The van der Waals surface area contributed by atoms with Crippen molar-refractivity contribution in [3.63, 3.8) is 0 Å². The molecule has 1 N–H and O–H groups in total. The van der Waals surface area contributed by atoms with Crippen molar-refractivity contribution in [2.24, 2.45) is 0 Å². The Morgan fingerprint density at radius 2 is 1.54 bits per heavy atom. The quantitative estimate of drug-likeness (QED) is 0.152. The topological polar surface area (TPSA) is 79.4 Å². The van der Waals surface area contributed by atoms with Gasteiger partial charge in [-0.25, -0.2) is 0 Å². The number of benzene rings is 2. The van der Waals surface area contributed by atoms with Crippen molar-refractivity contribution in [1.29, 1.82) is 0 Å². The molecule has 1 aromatic heterocycles. The van der Waals surface area contributed by atoms with Crippen LogP contribution in [0.25, 0.3) is 10.9 Å². The number of fused-ring (bicyclic) bond motifs is 2. The Morgan fingerprint density at radius 1 is 0.854 bits per heavy atom. The molecular formula is C40H40ClFeN3O3+2. The number of carbonyl (C=O) groups excluding carboxylic acids is 3. The third-order valence-electron chi connectivity index (χ3n) is 8.63. The number of nitrogens with one attached hydrogen (secondary N) is 1. The average Bonchev–Trinajstić information content (AvgIpc) is 3.82.